The molecule has 0 unspecified atom stereocenters. The molecule has 0 radical (unpaired) electrons. The van der Waals surface area contributed by atoms with Gasteiger partial charge in [0.1, 0.15) is 5.60 Å². The number of carbonyl (C=O) groups is 2. The number of fused-ring (bicyclic) bond motifs is 1. The highest BCUT2D eigenvalue weighted by Gasteiger charge is 2.71. The van der Waals surface area contributed by atoms with Gasteiger partial charge in [-0.1, -0.05) is 0 Å². The van der Waals surface area contributed by atoms with E-state index in [1.807, 2.05) is 30.6 Å². The Bertz CT molecular complexity index is 550. The van der Waals surface area contributed by atoms with Crippen molar-refractivity contribution in [2.75, 3.05) is 26.2 Å². The fourth-order valence-corrected chi connectivity index (χ4v) is 4.69. The van der Waals surface area contributed by atoms with Gasteiger partial charge in [0, 0.05) is 37.3 Å². The molecule has 2 bridgehead atoms. The first-order valence-electron chi connectivity index (χ1n) is 8.46. The molecule has 2 aliphatic heterocycles. The van der Waals surface area contributed by atoms with Crippen molar-refractivity contribution in [2.24, 2.45) is 5.73 Å². The average molecular weight is 322 g/mol. The lowest BCUT2D eigenvalue weighted by atomic mass is 9.44. The molecule has 2 heterocycles. The van der Waals surface area contributed by atoms with Crippen molar-refractivity contribution < 1.29 is 14.3 Å². The lowest BCUT2D eigenvalue weighted by Crippen LogP contribution is -2.82. The van der Waals surface area contributed by atoms with Crippen LogP contribution in [0.25, 0.3) is 0 Å². The number of carbonyl (C=O) groups excluding carboxylic acids is 2. The molecule has 128 valence electrons. The smallest absolute Gasteiger partial charge is 0.410 e. The lowest BCUT2D eigenvalue weighted by Gasteiger charge is -2.71. The number of piperazine rings is 1. The SMILES string of the molecule is CC(C)(C)OC(=O)N1CCN2C(=O)N(C34CC(N)(C3)C4)C[C@@H]2C1. The summed E-state index contributed by atoms with van der Waals surface area (Å²) in [5, 5.41) is 0. The maximum Gasteiger partial charge on any atom is 0.410 e. The van der Waals surface area contributed by atoms with E-state index >= 15 is 0 Å². The number of ether oxygens (including phenoxy) is 1. The quantitative estimate of drug-likeness (QED) is 0.780. The molecule has 5 fully saturated rings. The second-order valence-electron chi connectivity index (χ2n) is 8.78. The van der Waals surface area contributed by atoms with Gasteiger partial charge in [0.05, 0.1) is 6.04 Å². The molecule has 3 saturated carbocycles. The molecular formula is C16H26N4O3. The zero-order valence-electron chi connectivity index (χ0n) is 14.2. The van der Waals surface area contributed by atoms with E-state index in [0.717, 1.165) is 19.3 Å². The lowest BCUT2D eigenvalue weighted by molar-refractivity contribution is -0.136. The Morgan fingerprint density at radius 1 is 1.22 bits per heavy atom. The average Bonchev–Trinajstić information content (AvgIpc) is 2.69. The number of amides is 3. The normalized spacial score (nSPS) is 38.9. The maximum absolute atomic E-state index is 12.7. The summed E-state index contributed by atoms with van der Waals surface area (Å²) in [5.74, 6) is 0. The Morgan fingerprint density at radius 2 is 1.87 bits per heavy atom. The van der Waals surface area contributed by atoms with Gasteiger partial charge in [0.2, 0.25) is 0 Å². The third-order valence-corrected chi connectivity index (χ3v) is 5.62. The van der Waals surface area contributed by atoms with E-state index in [2.05, 4.69) is 0 Å². The van der Waals surface area contributed by atoms with Crippen molar-refractivity contribution in [3.63, 3.8) is 0 Å². The molecule has 1 atom stereocenters. The minimum Gasteiger partial charge on any atom is -0.444 e. The minimum atomic E-state index is -0.493. The van der Waals surface area contributed by atoms with Crippen LogP contribution in [0.5, 0.6) is 0 Å². The first-order valence-corrected chi connectivity index (χ1v) is 8.46. The van der Waals surface area contributed by atoms with Gasteiger partial charge >= 0.3 is 12.1 Å². The van der Waals surface area contributed by atoms with Crippen LogP contribution in [0.3, 0.4) is 0 Å². The number of urea groups is 1. The van der Waals surface area contributed by atoms with Crippen LogP contribution in [-0.4, -0.2) is 75.7 Å². The number of rotatable bonds is 1. The zero-order chi connectivity index (χ0) is 16.6. The van der Waals surface area contributed by atoms with E-state index < -0.39 is 5.60 Å². The molecule has 5 aliphatic rings. The van der Waals surface area contributed by atoms with Gasteiger partial charge in [-0.3, -0.25) is 0 Å². The highest BCUT2D eigenvalue weighted by Crippen LogP contribution is 2.62. The third-order valence-electron chi connectivity index (χ3n) is 5.62. The molecule has 3 amide bonds. The highest BCUT2D eigenvalue weighted by atomic mass is 16.6. The van der Waals surface area contributed by atoms with Crippen LogP contribution in [0.15, 0.2) is 0 Å². The van der Waals surface area contributed by atoms with Gasteiger partial charge in [0.25, 0.3) is 0 Å². The third kappa shape index (κ3) is 2.20. The van der Waals surface area contributed by atoms with Crippen LogP contribution >= 0.6 is 0 Å². The Hall–Kier alpha value is -1.50. The Morgan fingerprint density at radius 3 is 2.43 bits per heavy atom. The van der Waals surface area contributed by atoms with Crippen LogP contribution in [0.4, 0.5) is 9.59 Å². The van der Waals surface area contributed by atoms with Crippen molar-refractivity contribution >= 4 is 12.1 Å². The van der Waals surface area contributed by atoms with E-state index in [4.69, 9.17) is 10.5 Å². The predicted molar refractivity (Wildman–Crippen MR) is 83.9 cm³/mol. The molecule has 7 heteroatoms. The van der Waals surface area contributed by atoms with Gasteiger partial charge < -0.3 is 25.2 Å². The molecular weight excluding hydrogens is 296 g/mol. The zero-order valence-corrected chi connectivity index (χ0v) is 14.2. The van der Waals surface area contributed by atoms with Gasteiger partial charge in [-0.25, -0.2) is 9.59 Å². The summed E-state index contributed by atoms with van der Waals surface area (Å²) in [4.78, 5) is 30.6. The summed E-state index contributed by atoms with van der Waals surface area (Å²) >= 11 is 0. The van der Waals surface area contributed by atoms with Crippen molar-refractivity contribution in [3.8, 4) is 0 Å². The van der Waals surface area contributed by atoms with Gasteiger partial charge in [-0.2, -0.15) is 0 Å². The fourth-order valence-electron chi connectivity index (χ4n) is 4.69. The fraction of sp³-hybridized carbons (Fsp3) is 0.875. The van der Waals surface area contributed by atoms with Crippen LogP contribution in [0.2, 0.25) is 0 Å². The van der Waals surface area contributed by atoms with Gasteiger partial charge in [-0.15, -0.1) is 0 Å². The highest BCUT2D eigenvalue weighted by molar-refractivity contribution is 5.80. The first kappa shape index (κ1) is 15.1. The first-order chi connectivity index (χ1) is 10.6. The van der Waals surface area contributed by atoms with Crippen molar-refractivity contribution in [1.82, 2.24) is 14.7 Å². The second kappa shape index (κ2) is 4.32. The topological polar surface area (TPSA) is 79.1 Å². The summed E-state index contributed by atoms with van der Waals surface area (Å²) in [6.07, 6.45) is 2.51. The summed E-state index contributed by atoms with van der Waals surface area (Å²) in [6, 6.07) is 0.201. The van der Waals surface area contributed by atoms with Crippen molar-refractivity contribution in [3.05, 3.63) is 0 Å². The molecule has 2 saturated heterocycles. The molecule has 0 aromatic rings. The number of hydrogen-bond donors (Lipinski definition) is 1. The Labute approximate surface area is 136 Å². The molecule has 0 spiro atoms. The monoisotopic (exact) mass is 322 g/mol. The summed E-state index contributed by atoms with van der Waals surface area (Å²) in [6.45, 7) is 7.99. The van der Waals surface area contributed by atoms with E-state index in [9.17, 15) is 9.59 Å². The van der Waals surface area contributed by atoms with Crippen LogP contribution in [-0.2, 0) is 4.74 Å². The molecule has 2 N–H and O–H groups in total. The molecule has 5 rings (SSSR count). The summed E-state index contributed by atoms with van der Waals surface area (Å²) in [7, 11) is 0. The van der Waals surface area contributed by atoms with E-state index in [1.165, 1.54) is 0 Å². The Kier molecular flexibility index (Phi) is 2.82. The Balaban J connectivity index is 1.41. The van der Waals surface area contributed by atoms with Crippen molar-refractivity contribution in [1.29, 1.82) is 0 Å². The molecule has 23 heavy (non-hydrogen) atoms. The van der Waals surface area contributed by atoms with E-state index in [0.29, 0.717) is 26.2 Å². The van der Waals surface area contributed by atoms with Gasteiger partial charge in [0.15, 0.2) is 0 Å². The number of nitrogens with two attached hydrogens (primary N) is 1. The van der Waals surface area contributed by atoms with E-state index in [-0.39, 0.29) is 29.2 Å². The predicted octanol–water partition coefficient (Wildman–Crippen LogP) is 0.977. The summed E-state index contributed by atoms with van der Waals surface area (Å²) < 4.78 is 5.45. The molecule has 3 aliphatic carbocycles. The second-order valence-corrected chi connectivity index (χ2v) is 8.78. The van der Waals surface area contributed by atoms with Crippen LogP contribution in [0, 0.1) is 0 Å². The van der Waals surface area contributed by atoms with Gasteiger partial charge in [-0.05, 0) is 40.0 Å². The maximum atomic E-state index is 12.7. The number of hydrogen-bond acceptors (Lipinski definition) is 4. The molecule has 7 nitrogen and oxygen atoms in total. The standard InChI is InChI=1S/C16H26N4O3/c1-14(2,3)23-13(22)18-4-5-19-11(6-18)7-20(12(19)21)16-8-15(17,9-16)10-16/h11H,4-10,17H2,1-3H3/t11-,15?,16?/m0/s1. The number of nitrogens with zero attached hydrogens (tertiary/aromatic N) is 3. The largest absolute Gasteiger partial charge is 0.444 e. The van der Waals surface area contributed by atoms with Crippen molar-refractivity contribution in [2.45, 2.75) is 62.8 Å². The molecule has 0 aromatic heterocycles. The van der Waals surface area contributed by atoms with Crippen LogP contribution < -0.4 is 5.73 Å². The van der Waals surface area contributed by atoms with Crippen LogP contribution in [0.1, 0.15) is 40.0 Å². The van der Waals surface area contributed by atoms with E-state index in [1.54, 1.807) is 4.90 Å². The summed E-state index contributed by atoms with van der Waals surface area (Å²) in [5.41, 5.74) is 5.64. The minimum absolute atomic E-state index is 0.00801. The molecule has 0 aromatic carbocycles.